The fourth-order valence-corrected chi connectivity index (χ4v) is 5.15. The van der Waals surface area contributed by atoms with Crippen LogP contribution in [-0.2, 0) is 20.4 Å². The van der Waals surface area contributed by atoms with E-state index < -0.39 is 19.9 Å². The smallest absolute Gasteiger partial charge is 0.448 e. The molecule has 2 atom stereocenters. The third-order valence-corrected chi connectivity index (χ3v) is 7.23. The van der Waals surface area contributed by atoms with Crippen LogP contribution in [0, 0.1) is 5.92 Å². The number of rotatable bonds is 8. The van der Waals surface area contributed by atoms with Gasteiger partial charge in [-0.05, 0) is 32.4 Å². The lowest BCUT2D eigenvalue weighted by Crippen LogP contribution is -2.37. The van der Waals surface area contributed by atoms with Crippen LogP contribution in [0.15, 0.2) is 78.9 Å². The zero-order valence-electron chi connectivity index (χ0n) is 18.2. The van der Waals surface area contributed by atoms with E-state index in [0.717, 1.165) is 16.7 Å². The van der Waals surface area contributed by atoms with Gasteiger partial charge in [-0.15, -0.1) is 4.52 Å². The van der Waals surface area contributed by atoms with Crippen molar-refractivity contribution in [1.82, 2.24) is 5.32 Å². The second-order valence-electron chi connectivity index (χ2n) is 8.20. The highest BCUT2D eigenvalue weighted by atomic mass is 31.1. The van der Waals surface area contributed by atoms with Gasteiger partial charge < -0.3 is 4.74 Å². The van der Waals surface area contributed by atoms with Gasteiger partial charge in [0.05, 0.1) is 0 Å². The van der Waals surface area contributed by atoms with Gasteiger partial charge in [-0.1, -0.05) is 92.7 Å². The van der Waals surface area contributed by atoms with Crippen LogP contribution in [0.1, 0.15) is 36.5 Å². The lowest BCUT2D eigenvalue weighted by Gasteiger charge is -2.16. The van der Waals surface area contributed by atoms with Crippen molar-refractivity contribution in [2.45, 2.75) is 32.2 Å². The van der Waals surface area contributed by atoms with E-state index in [-0.39, 0.29) is 25.0 Å². The number of hydrogen-bond donors (Lipinski definition) is 1. The highest BCUT2D eigenvalue weighted by molar-refractivity contribution is 7.40. The minimum absolute atomic E-state index is 0.0197. The van der Waals surface area contributed by atoms with E-state index in [1.165, 1.54) is 11.1 Å². The third-order valence-electron chi connectivity index (χ3n) is 5.67. The quantitative estimate of drug-likeness (QED) is 0.401. The van der Waals surface area contributed by atoms with Gasteiger partial charge >= 0.3 is 14.1 Å². The molecule has 3 aromatic carbocycles. The molecule has 1 aliphatic carbocycles. The summed E-state index contributed by atoms with van der Waals surface area (Å²) in [6, 6.07) is 25.9. The normalized spacial score (nSPS) is 13.9. The Labute approximate surface area is 189 Å². The molecule has 4 rings (SSSR count). The van der Waals surface area contributed by atoms with Gasteiger partial charge in [-0.2, -0.15) is 0 Å². The summed E-state index contributed by atoms with van der Waals surface area (Å²) in [4.78, 5) is 12.6. The van der Waals surface area contributed by atoms with E-state index in [0.29, 0.717) is 0 Å². The molecule has 3 aromatic rings. The number of hydrogen-bond acceptors (Lipinski definition) is 4. The zero-order valence-corrected chi connectivity index (χ0v) is 19.1. The standard InChI is InChI=1S/C26H26NO4P/c1-18(2)25(32(29)31-16-19-10-4-3-5-11-19)27-26(28)30-17-24-22-14-8-6-12-20(22)21-13-7-9-15-23(21)24/h3-15,18,24-25H,16-17H2,1-2H3/p+1. The number of ether oxygens (including phenoxy) is 1. The molecular weight excluding hydrogens is 421 g/mol. The molecule has 0 saturated heterocycles. The summed E-state index contributed by atoms with van der Waals surface area (Å²) >= 11 is 0. The Morgan fingerprint density at radius 1 is 0.906 bits per heavy atom. The van der Waals surface area contributed by atoms with Crippen molar-refractivity contribution in [2.75, 3.05) is 6.61 Å². The average molecular weight is 448 g/mol. The maximum atomic E-state index is 12.7. The van der Waals surface area contributed by atoms with E-state index in [1.54, 1.807) is 0 Å². The molecule has 0 fully saturated rings. The van der Waals surface area contributed by atoms with Gasteiger partial charge in [0.15, 0.2) is 0 Å². The Kier molecular flexibility index (Phi) is 6.99. The lowest BCUT2D eigenvalue weighted by atomic mass is 9.98. The fourth-order valence-electron chi connectivity index (χ4n) is 4.02. The van der Waals surface area contributed by atoms with Crippen LogP contribution in [0.5, 0.6) is 0 Å². The molecule has 0 radical (unpaired) electrons. The number of amides is 1. The number of carbonyl (C=O) groups excluding carboxylic acids is 1. The monoisotopic (exact) mass is 448 g/mol. The van der Waals surface area contributed by atoms with E-state index >= 15 is 0 Å². The van der Waals surface area contributed by atoms with Crippen molar-refractivity contribution in [1.29, 1.82) is 0 Å². The molecule has 2 unspecified atom stereocenters. The summed E-state index contributed by atoms with van der Waals surface area (Å²) in [5, 5.41) is 2.75. The van der Waals surface area contributed by atoms with Crippen molar-refractivity contribution < 1.29 is 18.6 Å². The molecule has 32 heavy (non-hydrogen) atoms. The van der Waals surface area contributed by atoms with Gasteiger partial charge in [0.1, 0.15) is 13.2 Å². The molecule has 1 N–H and O–H groups in total. The first-order valence-corrected chi connectivity index (χ1v) is 12.0. The highest BCUT2D eigenvalue weighted by Crippen LogP contribution is 2.44. The van der Waals surface area contributed by atoms with E-state index in [1.807, 2.05) is 68.4 Å². The van der Waals surface area contributed by atoms with E-state index in [2.05, 4.69) is 29.6 Å². The van der Waals surface area contributed by atoms with Crippen molar-refractivity contribution in [2.24, 2.45) is 5.92 Å². The maximum Gasteiger partial charge on any atom is 0.534 e. The van der Waals surface area contributed by atoms with Crippen molar-refractivity contribution in [3.63, 3.8) is 0 Å². The number of alkyl carbamates (subject to hydrolysis) is 1. The topological polar surface area (TPSA) is 64.6 Å². The number of fused-ring (bicyclic) bond motifs is 3. The molecule has 1 amide bonds. The summed E-state index contributed by atoms with van der Waals surface area (Å²) < 4.78 is 23.9. The minimum Gasteiger partial charge on any atom is -0.448 e. The highest BCUT2D eigenvalue weighted by Gasteiger charge is 2.38. The number of benzene rings is 3. The third kappa shape index (κ3) is 4.90. The van der Waals surface area contributed by atoms with Gasteiger partial charge in [-0.25, -0.2) is 4.79 Å². The van der Waals surface area contributed by atoms with Crippen LogP contribution in [0.3, 0.4) is 0 Å². The first-order chi connectivity index (χ1) is 15.5. The van der Waals surface area contributed by atoms with Crippen LogP contribution in [0.25, 0.3) is 11.1 Å². The first kappa shape index (κ1) is 22.2. The predicted octanol–water partition coefficient (Wildman–Crippen LogP) is 6.47. The number of nitrogens with one attached hydrogen (secondary N) is 1. The van der Waals surface area contributed by atoms with Crippen LogP contribution in [-0.4, -0.2) is 18.5 Å². The molecule has 5 nitrogen and oxygen atoms in total. The summed E-state index contributed by atoms with van der Waals surface area (Å²) in [7, 11) is -2.11. The SMILES string of the molecule is CC(C)C(NC(=O)OCC1c2ccccc2-c2ccccc21)[P+](=O)OCc1ccccc1. The average Bonchev–Trinajstić information content (AvgIpc) is 3.14. The largest absolute Gasteiger partial charge is 0.534 e. The number of carbonyl (C=O) groups is 1. The van der Waals surface area contributed by atoms with Gasteiger partial charge in [0, 0.05) is 11.8 Å². The van der Waals surface area contributed by atoms with Crippen LogP contribution >= 0.6 is 8.03 Å². The summed E-state index contributed by atoms with van der Waals surface area (Å²) in [5.74, 6) is -0.729. The Balaban J connectivity index is 1.37. The molecule has 164 valence electrons. The molecule has 6 heteroatoms. The van der Waals surface area contributed by atoms with Crippen molar-refractivity contribution >= 4 is 14.1 Å². The summed E-state index contributed by atoms with van der Waals surface area (Å²) in [6.07, 6.45) is -0.586. The first-order valence-electron chi connectivity index (χ1n) is 10.8. The Morgan fingerprint density at radius 3 is 2.06 bits per heavy atom. The Hall–Kier alpha value is -3.01. The van der Waals surface area contributed by atoms with E-state index in [4.69, 9.17) is 9.26 Å². The van der Waals surface area contributed by atoms with Crippen LogP contribution < -0.4 is 5.32 Å². The molecule has 0 aromatic heterocycles. The maximum absolute atomic E-state index is 12.7. The predicted molar refractivity (Wildman–Crippen MR) is 126 cm³/mol. The molecule has 0 heterocycles. The Morgan fingerprint density at radius 2 is 1.47 bits per heavy atom. The summed E-state index contributed by atoms with van der Waals surface area (Å²) in [6.45, 7) is 4.24. The lowest BCUT2D eigenvalue weighted by molar-refractivity contribution is 0.139. The molecular formula is C26H27NO4P+. The second kappa shape index (κ2) is 10.1. The summed E-state index contributed by atoms with van der Waals surface area (Å²) in [5.41, 5.74) is 5.59. The molecule has 0 aliphatic heterocycles. The van der Waals surface area contributed by atoms with Gasteiger partial charge in [-0.3, -0.25) is 5.32 Å². The van der Waals surface area contributed by atoms with Gasteiger partial charge in [0.2, 0.25) is 0 Å². The van der Waals surface area contributed by atoms with E-state index in [9.17, 15) is 9.36 Å². The Bertz CT molecular complexity index is 1050. The molecule has 0 spiro atoms. The fraction of sp³-hybridized carbons (Fsp3) is 0.269. The zero-order chi connectivity index (χ0) is 22.5. The molecule has 1 aliphatic rings. The van der Waals surface area contributed by atoms with Gasteiger partial charge in [0.25, 0.3) is 5.78 Å². The molecule has 0 saturated carbocycles. The van der Waals surface area contributed by atoms with Crippen LogP contribution in [0.4, 0.5) is 4.79 Å². The second-order valence-corrected chi connectivity index (χ2v) is 9.59. The minimum atomic E-state index is -2.11. The van der Waals surface area contributed by atoms with Crippen molar-refractivity contribution in [3.8, 4) is 11.1 Å². The van der Waals surface area contributed by atoms with Crippen LogP contribution in [0.2, 0.25) is 0 Å². The van der Waals surface area contributed by atoms with Crippen molar-refractivity contribution in [3.05, 3.63) is 95.6 Å². The molecule has 0 bridgehead atoms.